The molecule has 0 aliphatic heterocycles. The largest absolute Gasteiger partial charge is 0.246 e. The molecule has 0 bridgehead atoms. The Bertz CT molecular complexity index is 678. The minimum absolute atomic E-state index is 0.0446. The third-order valence-corrected chi connectivity index (χ3v) is 5.81. The second kappa shape index (κ2) is 5.15. The van der Waals surface area contributed by atoms with Crippen LogP contribution in [0.25, 0.3) is 0 Å². The monoisotopic (exact) mass is 333 g/mol. The normalized spacial score (nSPS) is 16.2. The van der Waals surface area contributed by atoms with Gasteiger partial charge in [0.1, 0.15) is 15.6 Å². The van der Waals surface area contributed by atoms with Crippen LogP contribution in [0.2, 0.25) is 10.2 Å². The number of rotatable bonds is 4. The van der Waals surface area contributed by atoms with Crippen LogP contribution < -0.4 is 0 Å². The molecule has 0 unspecified atom stereocenters. The molecule has 1 saturated carbocycles. The Morgan fingerprint density at radius 3 is 2.50 bits per heavy atom. The predicted molar refractivity (Wildman–Crippen MR) is 76.0 cm³/mol. The highest BCUT2D eigenvalue weighted by molar-refractivity contribution is 7.89. The summed E-state index contributed by atoms with van der Waals surface area (Å²) in [6.45, 7) is 3.15. The van der Waals surface area contributed by atoms with Crippen LogP contribution >= 0.6 is 23.2 Å². The van der Waals surface area contributed by atoms with E-state index in [4.69, 9.17) is 23.2 Å². The van der Waals surface area contributed by atoms with Gasteiger partial charge < -0.3 is 0 Å². The van der Waals surface area contributed by atoms with Gasteiger partial charge in [-0.1, -0.05) is 23.2 Å². The molecule has 1 fully saturated rings. The summed E-state index contributed by atoms with van der Waals surface area (Å²) in [5.74, 6) is 0. The first kappa shape index (κ1) is 15.5. The number of sulfonamides is 1. The van der Waals surface area contributed by atoms with Crippen molar-refractivity contribution >= 4 is 33.2 Å². The lowest BCUT2D eigenvalue weighted by molar-refractivity contribution is 0.280. The van der Waals surface area contributed by atoms with Gasteiger partial charge in [0.2, 0.25) is 10.0 Å². The van der Waals surface area contributed by atoms with Gasteiger partial charge in [0.25, 0.3) is 0 Å². The summed E-state index contributed by atoms with van der Waals surface area (Å²) in [6.07, 6.45) is 2.66. The van der Waals surface area contributed by atoms with Crippen LogP contribution in [0.15, 0.2) is 17.2 Å². The quantitative estimate of drug-likeness (QED) is 0.794. The van der Waals surface area contributed by atoms with E-state index in [0.717, 1.165) is 19.0 Å². The van der Waals surface area contributed by atoms with Crippen LogP contribution in [0, 0.1) is 11.3 Å². The number of nitriles is 1. The third-order valence-electron chi connectivity index (χ3n) is 3.03. The molecule has 1 aromatic rings. The molecule has 0 saturated heterocycles. The number of pyridine rings is 1. The molecule has 2 rings (SSSR count). The maximum absolute atomic E-state index is 12.7. The molecule has 1 aliphatic rings. The van der Waals surface area contributed by atoms with Crippen molar-refractivity contribution in [2.75, 3.05) is 0 Å². The highest BCUT2D eigenvalue weighted by atomic mass is 35.5. The van der Waals surface area contributed by atoms with E-state index >= 15 is 0 Å². The van der Waals surface area contributed by atoms with Gasteiger partial charge in [-0.05, 0) is 32.8 Å². The van der Waals surface area contributed by atoms with Crippen LogP contribution in [0.5, 0.6) is 0 Å². The van der Waals surface area contributed by atoms with Gasteiger partial charge in [-0.3, -0.25) is 0 Å². The zero-order valence-electron chi connectivity index (χ0n) is 11.0. The zero-order valence-corrected chi connectivity index (χ0v) is 13.3. The fourth-order valence-corrected chi connectivity index (χ4v) is 4.23. The molecule has 8 heteroatoms. The molecule has 0 amide bonds. The summed E-state index contributed by atoms with van der Waals surface area (Å²) in [4.78, 5) is 3.71. The standard InChI is InChI=1S/C12H13Cl2N3O2S/c1-12(2,7-15)17(8-3-4-8)20(18,19)9-5-10(13)11(14)16-6-9/h5-6,8H,3-4H2,1-2H3. The minimum atomic E-state index is -3.84. The molecule has 0 aromatic carbocycles. The lowest BCUT2D eigenvalue weighted by atomic mass is 10.1. The average Bonchev–Trinajstić information content (AvgIpc) is 3.16. The molecule has 108 valence electrons. The van der Waals surface area contributed by atoms with Crippen molar-refractivity contribution in [3.05, 3.63) is 22.4 Å². The molecular formula is C12H13Cl2N3O2S. The van der Waals surface area contributed by atoms with Gasteiger partial charge in [-0.25, -0.2) is 13.4 Å². The molecule has 0 N–H and O–H groups in total. The van der Waals surface area contributed by atoms with Crippen molar-refractivity contribution in [3.63, 3.8) is 0 Å². The van der Waals surface area contributed by atoms with Crippen molar-refractivity contribution in [3.8, 4) is 6.07 Å². The first-order valence-electron chi connectivity index (χ1n) is 5.97. The van der Waals surface area contributed by atoms with Crippen LogP contribution in [-0.2, 0) is 10.0 Å². The Morgan fingerprint density at radius 2 is 2.05 bits per heavy atom. The van der Waals surface area contributed by atoms with E-state index in [1.54, 1.807) is 13.8 Å². The van der Waals surface area contributed by atoms with Crippen molar-refractivity contribution in [2.45, 2.75) is 43.2 Å². The van der Waals surface area contributed by atoms with E-state index in [1.807, 2.05) is 6.07 Å². The van der Waals surface area contributed by atoms with Gasteiger partial charge in [-0.15, -0.1) is 0 Å². The Balaban J connectivity index is 2.52. The summed E-state index contributed by atoms with van der Waals surface area (Å²) >= 11 is 11.5. The maximum Gasteiger partial charge on any atom is 0.246 e. The van der Waals surface area contributed by atoms with E-state index in [0.29, 0.717) is 0 Å². The fourth-order valence-electron chi connectivity index (χ4n) is 1.97. The molecule has 20 heavy (non-hydrogen) atoms. The zero-order chi connectivity index (χ0) is 15.1. The third kappa shape index (κ3) is 2.77. The van der Waals surface area contributed by atoms with Gasteiger partial charge in [0, 0.05) is 12.2 Å². The fraction of sp³-hybridized carbons (Fsp3) is 0.500. The SMILES string of the molecule is CC(C)(C#N)N(C1CC1)S(=O)(=O)c1cnc(Cl)c(Cl)c1. The number of hydrogen-bond acceptors (Lipinski definition) is 4. The van der Waals surface area contributed by atoms with E-state index in [-0.39, 0.29) is 21.1 Å². The van der Waals surface area contributed by atoms with Gasteiger partial charge in [0.05, 0.1) is 11.1 Å². The van der Waals surface area contributed by atoms with Crippen molar-refractivity contribution in [2.24, 2.45) is 0 Å². The second-order valence-electron chi connectivity index (χ2n) is 5.15. The average molecular weight is 334 g/mol. The molecule has 5 nitrogen and oxygen atoms in total. The number of hydrogen-bond donors (Lipinski definition) is 0. The van der Waals surface area contributed by atoms with Crippen LogP contribution in [0.1, 0.15) is 26.7 Å². The minimum Gasteiger partial charge on any atom is -0.242 e. The topological polar surface area (TPSA) is 74.1 Å². The van der Waals surface area contributed by atoms with Gasteiger partial charge in [0.15, 0.2) is 0 Å². The first-order valence-corrected chi connectivity index (χ1v) is 8.16. The Hall–Kier alpha value is -0.870. The van der Waals surface area contributed by atoms with Crippen molar-refractivity contribution in [1.29, 1.82) is 5.26 Å². The van der Waals surface area contributed by atoms with E-state index in [1.165, 1.54) is 10.4 Å². The number of aromatic nitrogens is 1. The first-order chi connectivity index (χ1) is 9.20. The predicted octanol–water partition coefficient (Wildman–Crippen LogP) is 2.84. The summed E-state index contributed by atoms with van der Waals surface area (Å²) in [5, 5.41) is 9.34. The molecule has 0 atom stereocenters. The van der Waals surface area contributed by atoms with E-state index in [2.05, 4.69) is 4.98 Å². The highest BCUT2D eigenvalue weighted by Gasteiger charge is 2.47. The van der Waals surface area contributed by atoms with Crippen LogP contribution in [0.4, 0.5) is 0 Å². The summed E-state index contributed by atoms with van der Waals surface area (Å²) < 4.78 is 26.7. The van der Waals surface area contributed by atoms with Gasteiger partial charge >= 0.3 is 0 Å². The molecular weight excluding hydrogens is 321 g/mol. The number of halogens is 2. The summed E-state index contributed by atoms with van der Waals surface area (Å²) in [6, 6.07) is 3.14. The molecule has 1 heterocycles. The Kier molecular flexibility index (Phi) is 4.00. The molecule has 1 aromatic heterocycles. The van der Waals surface area contributed by atoms with Crippen molar-refractivity contribution in [1.82, 2.24) is 9.29 Å². The smallest absolute Gasteiger partial charge is 0.242 e. The van der Waals surface area contributed by atoms with E-state index < -0.39 is 15.6 Å². The molecule has 0 radical (unpaired) electrons. The number of nitrogens with zero attached hydrogens (tertiary/aromatic N) is 3. The lowest BCUT2D eigenvalue weighted by Crippen LogP contribution is -2.48. The lowest BCUT2D eigenvalue weighted by Gasteiger charge is -2.32. The van der Waals surface area contributed by atoms with Crippen molar-refractivity contribution < 1.29 is 8.42 Å². The summed E-state index contributed by atoms with van der Waals surface area (Å²) in [7, 11) is -3.84. The van der Waals surface area contributed by atoms with Crippen LogP contribution in [-0.4, -0.2) is 29.3 Å². The second-order valence-corrected chi connectivity index (χ2v) is 7.73. The van der Waals surface area contributed by atoms with E-state index in [9.17, 15) is 13.7 Å². The molecule has 1 aliphatic carbocycles. The Labute approximate surface area is 128 Å². The highest BCUT2D eigenvalue weighted by Crippen LogP contribution is 2.38. The van der Waals surface area contributed by atoms with Crippen LogP contribution in [0.3, 0.4) is 0 Å². The summed E-state index contributed by atoms with van der Waals surface area (Å²) in [5.41, 5.74) is -1.13. The van der Waals surface area contributed by atoms with Gasteiger partial charge in [-0.2, -0.15) is 9.57 Å². The maximum atomic E-state index is 12.7. The Morgan fingerprint density at radius 1 is 1.45 bits per heavy atom. The molecule has 0 spiro atoms.